The van der Waals surface area contributed by atoms with Crippen LogP contribution in [0.15, 0.2) is 18.2 Å². The van der Waals surface area contributed by atoms with Crippen LogP contribution < -0.4 is 4.74 Å². The molecule has 1 aromatic rings. The Labute approximate surface area is 167 Å². The molecule has 6 heteroatoms. The van der Waals surface area contributed by atoms with Crippen molar-refractivity contribution in [3.05, 3.63) is 29.3 Å². The maximum absolute atomic E-state index is 12.9. The number of carbonyl (C=O) groups excluding carboxylic acids is 2. The zero-order chi connectivity index (χ0) is 20.3. The minimum atomic E-state index is -1.02. The normalized spacial score (nSPS) is 23.6. The number of likely N-dealkylation sites (tertiary alicyclic amines) is 2. The largest absolute Gasteiger partial charge is 0.491 e. The fraction of sp³-hybridized carbons (Fsp3) is 0.636. The molecule has 2 amide bonds. The van der Waals surface area contributed by atoms with Crippen LogP contribution in [0.1, 0.15) is 43.7 Å². The number of carbonyl (C=O) groups is 2. The molecule has 2 aliphatic heterocycles. The Morgan fingerprint density at radius 3 is 2.50 bits per heavy atom. The Hall–Kier alpha value is -2.08. The van der Waals surface area contributed by atoms with Crippen LogP contribution in [0.5, 0.6) is 5.75 Å². The monoisotopic (exact) mass is 388 g/mol. The quantitative estimate of drug-likeness (QED) is 0.859. The van der Waals surface area contributed by atoms with Gasteiger partial charge in [-0.15, -0.1) is 0 Å². The number of aliphatic hydroxyl groups is 1. The maximum atomic E-state index is 12.9. The molecule has 2 fully saturated rings. The summed E-state index contributed by atoms with van der Waals surface area (Å²) in [7, 11) is 0. The number of ether oxygens (including phenoxy) is 1. The molecule has 1 unspecified atom stereocenters. The predicted octanol–water partition coefficient (Wildman–Crippen LogP) is 2.29. The first-order chi connectivity index (χ1) is 13.3. The van der Waals surface area contributed by atoms with E-state index in [0.29, 0.717) is 45.4 Å². The lowest BCUT2D eigenvalue weighted by molar-refractivity contribution is -0.147. The van der Waals surface area contributed by atoms with Gasteiger partial charge in [-0.05, 0) is 62.8 Å². The number of β-amino-alcohol motifs (C(OH)–C–C–N with tert-alkyl or cyclic N) is 1. The van der Waals surface area contributed by atoms with Gasteiger partial charge >= 0.3 is 0 Å². The third-order valence-electron chi connectivity index (χ3n) is 6.14. The van der Waals surface area contributed by atoms with Crippen molar-refractivity contribution < 1.29 is 19.4 Å². The van der Waals surface area contributed by atoms with Gasteiger partial charge in [0.2, 0.25) is 11.8 Å². The standard InChI is InChI=1S/C22H32N2O4/c1-16-5-6-20(13-17(16)2)28-15-22(27)9-4-10-24(14-22)21(26)19-7-11-23(12-8-19)18(3)25/h5-6,13,19,27H,4,7-12,14-15H2,1-3H3. The molecule has 1 N–H and O–H groups in total. The number of nitrogens with zero attached hydrogens (tertiary/aromatic N) is 2. The number of amides is 2. The minimum Gasteiger partial charge on any atom is -0.491 e. The first-order valence-electron chi connectivity index (χ1n) is 10.2. The Morgan fingerprint density at radius 2 is 1.86 bits per heavy atom. The molecule has 0 aliphatic carbocycles. The molecule has 1 aromatic carbocycles. The maximum Gasteiger partial charge on any atom is 0.225 e. The minimum absolute atomic E-state index is 0.0568. The Morgan fingerprint density at radius 1 is 1.14 bits per heavy atom. The summed E-state index contributed by atoms with van der Waals surface area (Å²) in [5, 5.41) is 11.0. The van der Waals surface area contributed by atoms with E-state index in [4.69, 9.17) is 4.74 Å². The van der Waals surface area contributed by atoms with Crippen molar-refractivity contribution in [3.63, 3.8) is 0 Å². The van der Waals surface area contributed by atoms with E-state index in [1.54, 1.807) is 16.7 Å². The van der Waals surface area contributed by atoms with Crippen molar-refractivity contribution in [2.24, 2.45) is 5.92 Å². The highest BCUT2D eigenvalue weighted by atomic mass is 16.5. The van der Waals surface area contributed by atoms with Crippen LogP contribution in [0.25, 0.3) is 0 Å². The summed E-state index contributed by atoms with van der Waals surface area (Å²) in [6.07, 6.45) is 2.80. The first-order valence-corrected chi connectivity index (χ1v) is 10.2. The van der Waals surface area contributed by atoms with Gasteiger partial charge in [-0.2, -0.15) is 0 Å². The predicted molar refractivity (Wildman–Crippen MR) is 107 cm³/mol. The van der Waals surface area contributed by atoms with Crippen molar-refractivity contribution in [2.75, 3.05) is 32.8 Å². The summed E-state index contributed by atoms with van der Waals surface area (Å²) >= 11 is 0. The Bertz CT molecular complexity index is 727. The van der Waals surface area contributed by atoms with Crippen LogP contribution in [-0.4, -0.2) is 65.1 Å². The highest BCUT2D eigenvalue weighted by Gasteiger charge is 2.38. The molecule has 0 saturated carbocycles. The van der Waals surface area contributed by atoms with Gasteiger partial charge in [-0.3, -0.25) is 9.59 Å². The zero-order valence-electron chi connectivity index (χ0n) is 17.2. The van der Waals surface area contributed by atoms with E-state index >= 15 is 0 Å². The van der Waals surface area contributed by atoms with Crippen LogP contribution in [0.2, 0.25) is 0 Å². The molecule has 2 aliphatic rings. The molecule has 3 rings (SSSR count). The summed E-state index contributed by atoms with van der Waals surface area (Å²) < 4.78 is 5.87. The lowest BCUT2D eigenvalue weighted by atomic mass is 9.90. The summed E-state index contributed by atoms with van der Waals surface area (Å²) in [5.41, 5.74) is 1.34. The van der Waals surface area contributed by atoms with Gasteiger partial charge < -0.3 is 19.6 Å². The smallest absolute Gasteiger partial charge is 0.225 e. The topological polar surface area (TPSA) is 70.1 Å². The first kappa shape index (κ1) is 20.6. The van der Waals surface area contributed by atoms with Crippen LogP contribution in [0, 0.1) is 19.8 Å². The average Bonchev–Trinajstić information content (AvgIpc) is 2.68. The third kappa shape index (κ3) is 4.85. The lowest BCUT2D eigenvalue weighted by Crippen LogP contribution is -2.55. The molecule has 2 heterocycles. The Kier molecular flexibility index (Phi) is 6.28. The number of piperidine rings is 2. The fourth-order valence-electron chi connectivity index (χ4n) is 4.14. The van der Waals surface area contributed by atoms with Gasteiger partial charge in [0.15, 0.2) is 0 Å². The van der Waals surface area contributed by atoms with E-state index in [1.165, 1.54) is 5.56 Å². The van der Waals surface area contributed by atoms with Crippen LogP contribution in [-0.2, 0) is 9.59 Å². The molecule has 0 bridgehead atoms. The van der Waals surface area contributed by atoms with Crippen molar-refractivity contribution in [1.29, 1.82) is 0 Å². The van der Waals surface area contributed by atoms with E-state index in [0.717, 1.165) is 17.7 Å². The molecule has 2 saturated heterocycles. The van der Waals surface area contributed by atoms with Gasteiger partial charge in [-0.1, -0.05) is 6.07 Å². The Balaban J connectivity index is 1.55. The van der Waals surface area contributed by atoms with E-state index < -0.39 is 5.60 Å². The second-order valence-electron chi connectivity index (χ2n) is 8.40. The van der Waals surface area contributed by atoms with Gasteiger partial charge in [0.1, 0.15) is 18.0 Å². The molecule has 1 atom stereocenters. The molecule has 0 radical (unpaired) electrons. The van der Waals surface area contributed by atoms with E-state index in [-0.39, 0.29) is 24.3 Å². The average molecular weight is 389 g/mol. The third-order valence-corrected chi connectivity index (χ3v) is 6.14. The van der Waals surface area contributed by atoms with Crippen molar-refractivity contribution in [1.82, 2.24) is 9.80 Å². The second kappa shape index (κ2) is 8.52. The number of aryl methyl sites for hydroxylation is 2. The van der Waals surface area contributed by atoms with Crippen LogP contribution in [0.4, 0.5) is 0 Å². The lowest BCUT2D eigenvalue weighted by Gasteiger charge is -2.41. The fourth-order valence-corrected chi connectivity index (χ4v) is 4.14. The van der Waals surface area contributed by atoms with Gasteiger partial charge in [0, 0.05) is 32.5 Å². The molecule has 28 heavy (non-hydrogen) atoms. The molecule has 0 spiro atoms. The van der Waals surface area contributed by atoms with Crippen LogP contribution >= 0.6 is 0 Å². The van der Waals surface area contributed by atoms with Gasteiger partial charge in [-0.25, -0.2) is 0 Å². The SMILES string of the molecule is CC(=O)N1CCC(C(=O)N2CCCC(O)(COc3ccc(C)c(C)c3)C2)CC1. The molecule has 154 valence electrons. The number of benzene rings is 1. The number of hydrogen-bond donors (Lipinski definition) is 1. The van der Waals surface area contributed by atoms with E-state index in [1.807, 2.05) is 25.1 Å². The van der Waals surface area contributed by atoms with Crippen molar-refractivity contribution in [3.8, 4) is 5.75 Å². The number of rotatable bonds is 4. The molecular weight excluding hydrogens is 356 g/mol. The summed E-state index contributed by atoms with van der Waals surface area (Å²) in [6.45, 7) is 8.11. The van der Waals surface area contributed by atoms with E-state index in [9.17, 15) is 14.7 Å². The van der Waals surface area contributed by atoms with Crippen LogP contribution in [0.3, 0.4) is 0 Å². The summed E-state index contributed by atoms with van der Waals surface area (Å²) in [4.78, 5) is 28.0. The van der Waals surface area contributed by atoms with Crippen molar-refractivity contribution >= 4 is 11.8 Å². The van der Waals surface area contributed by atoms with Crippen molar-refractivity contribution in [2.45, 2.75) is 52.1 Å². The summed E-state index contributed by atoms with van der Waals surface area (Å²) in [6, 6.07) is 5.91. The zero-order valence-corrected chi connectivity index (χ0v) is 17.2. The molecular formula is C22H32N2O4. The van der Waals surface area contributed by atoms with Gasteiger partial charge in [0.05, 0.1) is 6.54 Å². The highest BCUT2D eigenvalue weighted by molar-refractivity contribution is 5.80. The second-order valence-corrected chi connectivity index (χ2v) is 8.40. The summed E-state index contributed by atoms with van der Waals surface area (Å²) in [5.74, 6) is 0.865. The number of hydrogen-bond acceptors (Lipinski definition) is 4. The molecule has 0 aromatic heterocycles. The highest BCUT2D eigenvalue weighted by Crippen LogP contribution is 2.27. The van der Waals surface area contributed by atoms with E-state index in [2.05, 4.69) is 6.92 Å². The molecule has 6 nitrogen and oxygen atoms in total. The van der Waals surface area contributed by atoms with Gasteiger partial charge in [0.25, 0.3) is 0 Å².